The zero-order chi connectivity index (χ0) is 14.0. The number of nitrogens with zero attached hydrogens (tertiary/aromatic N) is 1. The summed E-state index contributed by atoms with van der Waals surface area (Å²) in [6.45, 7) is 2.87. The van der Waals surface area contributed by atoms with Crippen LogP contribution in [-0.4, -0.2) is 30.9 Å². The van der Waals surface area contributed by atoms with Crippen LogP contribution in [0.4, 0.5) is 18.9 Å². The van der Waals surface area contributed by atoms with E-state index in [1.54, 1.807) is 6.07 Å². The molecule has 1 aromatic carbocycles. The maximum Gasteiger partial charge on any atom is 0.416 e. The Bertz CT molecular complexity index is 448. The van der Waals surface area contributed by atoms with E-state index in [2.05, 4.69) is 0 Å². The molecule has 1 aliphatic heterocycles. The van der Waals surface area contributed by atoms with Gasteiger partial charge in [-0.2, -0.15) is 13.2 Å². The van der Waals surface area contributed by atoms with Gasteiger partial charge in [0.2, 0.25) is 0 Å². The molecule has 1 aromatic rings. The van der Waals surface area contributed by atoms with Crippen molar-refractivity contribution in [2.24, 2.45) is 0 Å². The Balaban J connectivity index is 2.37. The fourth-order valence-electron chi connectivity index (χ4n) is 2.26. The van der Waals surface area contributed by atoms with E-state index >= 15 is 0 Å². The summed E-state index contributed by atoms with van der Waals surface area (Å²) in [7, 11) is 0. The van der Waals surface area contributed by atoms with Gasteiger partial charge in [-0.05, 0) is 24.6 Å². The van der Waals surface area contributed by atoms with E-state index in [1.165, 1.54) is 6.07 Å². The number of aliphatic hydroxyl groups is 1. The van der Waals surface area contributed by atoms with Crippen LogP contribution >= 0.6 is 0 Å². The van der Waals surface area contributed by atoms with Crippen LogP contribution in [0.15, 0.2) is 18.2 Å². The minimum absolute atomic E-state index is 0.0369. The normalized spacial score (nSPS) is 20.7. The standard InChI is InChI=1S/C13H16F3NO2/c1-9-8-19-5-4-17(9)11-3-2-10(7-18)12(6-11)13(14,15)16/h2-3,6,9,18H,4-5,7-8H2,1H3. The Hall–Kier alpha value is -1.27. The second kappa shape index (κ2) is 5.38. The Morgan fingerprint density at radius 3 is 2.74 bits per heavy atom. The molecule has 1 heterocycles. The van der Waals surface area contributed by atoms with E-state index in [4.69, 9.17) is 9.84 Å². The molecular weight excluding hydrogens is 259 g/mol. The molecule has 0 radical (unpaired) electrons. The van der Waals surface area contributed by atoms with E-state index in [0.29, 0.717) is 25.4 Å². The lowest BCUT2D eigenvalue weighted by Crippen LogP contribution is -2.43. The van der Waals surface area contributed by atoms with Gasteiger partial charge in [0.15, 0.2) is 0 Å². The highest BCUT2D eigenvalue weighted by atomic mass is 19.4. The summed E-state index contributed by atoms with van der Waals surface area (Å²) in [6, 6.07) is 4.09. The van der Waals surface area contributed by atoms with E-state index in [1.807, 2.05) is 11.8 Å². The third-order valence-electron chi connectivity index (χ3n) is 3.27. The summed E-state index contributed by atoms with van der Waals surface area (Å²) in [4.78, 5) is 1.89. The summed E-state index contributed by atoms with van der Waals surface area (Å²) in [5, 5.41) is 9.00. The number of rotatable bonds is 2. The molecule has 1 fully saturated rings. The zero-order valence-electron chi connectivity index (χ0n) is 10.6. The lowest BCUT2D eigenvalue weighted by atomic mass is 10.1. The Morgan fingerprint density at radius 2 is 2.16 bits per heavy atom. The molecule has 1 saturated heterocycles. The van der Waals surface area contributed by atoms with Gasteiger partial charge < -0.3 is 14.7 Å². The number of anilines is 1. The van der Waals surface area contributed by atoms with Crippen LogP contribution in [0.5, 0.6) is 0 Å². The predicted molar refractivity (Wildman–Crippen MR) is 65.0 cm³/mol. The second-order valence-corrected chi connectivity index (χ2v) is 4.61. The van der Waals surface area contributed by atoms with Crippen molar-refractivity contribution < 1.29 is 23.0 Å². The molecule has 0 spiro atoms. The minimum Gasteiger partial charge on any atom is -0.392 e. The van der Waals surface area contributed by atoms with Gasteiger partial charge in [0, 0.05) is 18.3 Å². The van der Waals surface area contributed by atoms with Crippen LogP contribution in [0.25, 0.3) is 0 Å². The molecule has 1 aliphatic rings. The molecule has 1 unspecified atom stereocenters. The summed E-state index contributed by atoms with van der Waals surface area (Å²) in [5.41, 5.74) is -0.358. The average molecular weight is 275 g/mol. The van der Waals surface area contributed by atoms with Crippen molar-refractivity contribution in [3.63, 3.8) is 0 Å². The summed E-state index contributed by atoms with van der Waals surface area (Å²) >= 11 is 0. The predicted octanol–water partition coefficient (Wildman–Crippen LogP) is 2.42. The number of benzene rings is 1. The largest absolute Gasteiger partial charge is 0.416 e. The highest BCUT2D eigenvalue weighted by Gasteiger charge is 2.34. The number of hydrogen-bond donors (Lipinski definition) is 1. The molecule has 0 saturated carbocycles. The zero-order valence-corrected chi connectivity index (χ0v) is 10.6. The monoisotopic (exact) mass is 275 g/mol. The Morgan fingerprint density at radius 1 is 1.42 bits per heavy atom. The number of hydrogen-bond acceptors (Lipinski definition) is 3. The smallest absolute Gasteiger partial charge is 0.392 e. The van der Waals surface area contributed by atoms with Gasteiger partial charge in [0.05, 0.1) is 25.4 Å². The molecule has 19 heavy (non-hydrogen) atoms. The van der Waals surface area contributed by atoms with Crippen molar-refractivity contribution >= 4 is 5.69 Å². The lowest BCUT2D eigenvalue weighted by molar-refractivity contribution is -0.138. The molecule has 0 bridgehead atoms. The molecule has 6 heteroatoms. The Kier molecular flexibility index (Phi) is 4.01. The second-order valence-electron chi connectivity index (χ2n) is 4.61. The average Bonchev–Trinajstić information content (AvgIpc) is 2.37. The van der Waals surface area contributed by atoms with E-state index in [9.17, 15) is 13.2 Å². The number of aliphatic hydroxyl groups excluding tert-OH is 1. The molecule has 2 rings (SSSR count). The van der Waals surface area contributed by atoms with Crippen molar-refractivity contribution in [1.82, 2.24) is 0 Å². The number of morpholine rings is 1. The number of ether oxygens (including phenoxy) is 1. The van der Waals surface area contributed by atoms with E-state index in [-0.39, 0.29) is 11.6 Å². The van der Waals surface area contributed by atoms with E-state index < -0.39 is 18.3 Å². The SMILES string of the molecule is CC1COCCN1c1ccc(CO)c(C(F)(F)F)c1. The number of alkyl halides is 3. The van der Waals surface area contributed by atoms with Gasteiger partial charge in [0.1, 0.15) is 0 Å². The molecular formula is C13H16F3NO2. The van der Waals surface area contributed by atoms with Gasteiger partial charge in [0.25, 0.3) is 0 Å². The van der Waals surface area contributed by atoms with Crippen molar-refractivity contribution in [2.75, 3.05) is 24.7 Å². The quantitative estimate of drug-likeness (QED) is 0.899. The molecule has 0 aliphatic carbocycles. The molecule has 1 atom stereocenters. The molecule has 0 aromatic heterocycles. The first-order chi connectivity index (χ1) is 8.93. The van der Waals surface area contributed by atoms with Crippen molar-refractivity contribution in [3.05, 3.63) is 29.3 Å². The highest BCUT2D eigenvalue weighted by molar-refractivity contribution is 5.53. The van der Waals surface area contributed by atoms with Crippen LogP contribution in [-0.2, 0) is 17.5 Å². The first-order valence-corrected chi connectivity index (χ1v) is 6.09. The van der Waals surface area contributed by atoms with Gasteiger partial charge in [-0.15, -0.1) is 0 Å². The molecule has 0 amide bonds. The fourth-order valence-corrected chi connectivity index (χ4v) is 2.26. The molecule has 3 nitrogen and oxygen atoms in total. The lowest BCUT2D eigenvalue weighted by Gasteiger charge is -2.35. The maximum absolute atomic E-state index is 12.9. The van der Waals surface area contributed by atoms with Crippen LogP contribution in [0, 0.1) is 0 Å². The first kappa shape index (κ1) is 14.1. The molecule has 106 valence electrons. The van der Waals surface area contributed by atoms with Crippen LogP contribution in [0.1, 0.15) is 18.1 Å². The third kappa shape index (κ3) is 3.01. The van der Waals surface area contributed by atoms with Crippen LogP contribution in [0.2, 0.25) is 0 Å². The third-order valence-corrected chi connectivity index (χ3v) is 3.27. The Labute approximate surface area is 109 Å². The summed E-state index contributed by atoms with van der Waals surface area (Å²) in [6.07, 6.45) is -4.45. The van der Waals surface area contributed by atoms with Gasteiger partial charge >= 0.3 is 6.18 Å². The van der Waals surface area contributed by atoms with Crippen molar-refractivity contribution in [3.8, 4) is 0 Å². The first-order valence-electron chi connectivity index (χ1n) is 6.09. The maximum atomic E-state index is 12.9. The van der Waals surface area contributed by atoms with Crippen LogP contribution in [0.3, 0.4) is 0 Å². The number of halogens is 3. The van der Waals surface area contributed by atoms with Gasteiger partial charge in [-0.25, -0.2) is 0 Å². The van der Waals surface area contributed by atoms with Gasteiger partial charge in [-0.1, -0.05) is 6.07 Å². The van der Waals surface area contributed by atoms with Crippen LogP contribution < -0.4 is 4.90 Å². The van der Waals surface area contributed by atoms with Gasteiger partial charge in [-0.3, -0.25) is 0 Å². The van der Waals surface area contributed by atoms with E-state index in [0.717, 1.165) is 6.07 Å². The fraction of sp³-hybridized carbons (Fsp3) is 0.538. The highest BCUT2D eigenvalue weighted by Crippen LogP contribution is 2.35. The summed E-state index contributed by atoms with van der Waals surface area (Å²) < 4.78 is 44.0. The topological polar surface area (TPSA) is 32.7 Å². The van der Waals surface area contributed by atoms with Crippen molar-refractivity contribution in [1.29, 1.82) is 0 Å². The molecule has 1 N–H and O–H groups in total. The summed E-state index contributed by atoms with van der Waals surface area (Å²) in [5.74, 6) is 0. The van der Waals surface area contributed by atoms with Crippen molar-refractivity contribution in [2.45, 2.75) is 25.7 Å². The minimum atomic E-state index is -4.45.